The SMILES string of the molecule is CCNC(=NCCCOC(C)C)N1CCN(C(=O)c2ccco2)CC1.I. The van der Waals surface area contributed by atoms with Crippen molar-refractivity contribution in [2.45, 2.75) is 33.3 Å². The molecule has 0 aromatic carbocycles. The molecule has 0 bridgehead atoms. The fraction of sp³-hybridized carbons (Fsp3) is 0.667. The Morgan fingerprint density at radius 2 is 2.00 bits per heavy atom. The Kier molecular flexibility index (Phi) is 10.6. The van der Waals surface area contributed by atoms with Gasteiger partial charge in [0.15, 0.2) is 11.7 Å². The van der Waals surface area contributed by atoms with Gasteiger partial charge in [0.05, 0.1) is 12.4 Å². The molecule has 0 saturated carbocycles. The summed E-state index contributed by atoms with van der Waals surface area (Å²) in [7, 11) is 0. The minimum atomic E-state index is -0.0441. The Balaban J connectivity index is 0.00000338. The van der Waals surface area contributed by atoms with Crippen molar-refractivity contribution in [1.29, 1.82) is 0 Å². The summed E-state index contributed by atoms with van der Waals surface area (Å²) in [4.78, 5) is 21.0. The van der Waals surface area contributed by atoms with Gasteiger partial charge in [-0.25, -0.2) is 0 Å². The highest BCUT2D eigenvalue weighted by Crippen LogP contribution is 2.09. The number of guanidine groups is 1. The number of nitrogens with zero attached hydrogens (tertiary/aromatic N) is 3. The van der Waals surface area contributed by atoms with Gasteiger partial charge in [-0.1, -0.05) is 0 Å². The first-order chi connectivity index (χ1) is 12.1. The molecule has 7 nitrogen and oxygen atoms in total. The van der Waals surface area contributed by atoms with Crippen LogP contribution >= 0.6 is 24.0 Å². The number of rotatable bonds is 7. The highest BCUT2D eigenvalue weighted by Gasteiger charge is 2.25. The first kappa shape index (κ1) is 22.8. The fourth-order valence-corrected chi connectivity index (χ4v) is 2.67. The molecule has 26 heavy (non-hydrogen) atoms. The molecular weight excluding hydrogens is 447 g/mol. The molecule has 1 amide bonds. The van der Waals surface area contributed by atoms with E-state index in [2.05, 4.69) is 22.1 Å². The summed E-state index contributed by atoms with van der Waals surface area (Å²) in [5.41, 5.74) is 0. The average molecular weight is 478 g/mol. The summed E-state index contributed by atoms with van der Waals surface area (Å²) >= 11 is 0. The largest absolute Gasteiger partial charge is 0.459 e. The van der Waals surface area contributed by atoms with Gasteiger partial charge in [-0.05, 0) is 39.3 Å². The molecule has 0 unspecified atom stereocenters. The third-order valence-corrected chi connectivity index (χ3v) is 3.95. The van der Waals surface area contributed by atoms with Gasteiger partial charge in [0, 0.05) is 45.9 Å². The van der Waals surface area contributed by atoms with Crippen LogP contribution in [0.25, 0.3) is 0 Å². The molecule has 0 aliphatic carbocycles. The Morgan fingerprint density at radius 1 is 1.31 bits per heavy atom. The predicted octanol–water partition coefficient (Wildman–Crippen LogP) is 2.44. The van der Waals surface area contributed by atoms with E-state index >= 15 is 0 Å². The smallest absolute Gasteiger partial charge is 0.289 e. The first-order valence-corrected chi connectivity index (χ1v) is 9.09. The van der Waals surface area contributed by atoms with Gasteiger partial charge in [-0.3, -0.25) is 9.79 Å². The minimum Gasteiger partial charge on any atom is -0.459 e. The molecule has 0 radical (unpaired) electrons. The van der Waals surface area contributed by atoms with Crippen LogP contribution in [-0.4, -0.2) is 73.6 Å². The maximum atomic E-state index is 12.3. The van der Waals surface area contributed by atoms with Crippen LogP contribution in [0.1, 0.15) is 37.7 Å². The molecule has 0 spiro atoms. The number of nitrogens with one attached hydrogen (secondary N) is 1. The zero-order chi connectivity index (χ0) is 18.1. The van der Waals surface area contributed by atoms with E-state index in [-0.39, 0.29) is 36.0 Å². The first-order valence-electron chi connectivity index (χ1n) is 9.09. The zero-order valence-electron chi connectivity index (χ0n) is 15.9. The van der Waals surface area contributed by atoms with Crippen molar-refractivity contribution >= 4 is 35.8 Å². The molecule has 8 heteroatoms. The lowest BCUT2D eigenvalue weighted by molar-refractivity contribution is 0.0657. The average Bonchev–Trinajstić information content (AvgIpc) is 3.14. The van der Waals surface area contributed by atoms with Crippen molar-refractivity contribution in [3.63, 3.8) is 0 Å². The lowest BCUT2D eigenvalue weighted by Crippen LogP contribution is -2.53. The topological polar surface area (TPSA) is 70.3 Å². The number of carbonyl (C=O) groups is 1. The molecule has 1 saturated heterocycles. The monoisotopic (exact) mass is 478 g/mol. The van der Waals surface area contributed by atoms with Crippen molar-refractivity contribution in [1.82, 2.24) is 15.1 Å². The second kappa shape index (κ2) is 12.2. The summed E-state index contributed by atoms with van der Waals surface area (Å²) < 4.78 is 10.8. The number of halogens is 1. The van der Waals surface area contributed by atoms with Crippen LogP contribution < -0.4 is 5.32 Å². The van der Waals surface area contributed by atoms with Crippen LogP contribution in [0.2, 0.25) is 0 Å². The van der Waals surface area contributed by atoms with E-state index in [0.717, 1.165) is 45.2 Å². The molecule has 148 valence electrons. The van der Waals surface area contributed by atoms with Crippen molar-refractivity contribution in [2.75, 3.05) is 45.9 Å². The third-order valence-electron chi connectivity index (χ3n) is 3.95. The van der Waals surface area contributed by atoms with Gasteiger partial charge in [0.2, 0.25) is 0 Å². The number of amides is 1. The number of ether oxygens (including phenoxy) is 1. The van der Waals surface area contributed by atoms with E-state index < -0.39 is 0 Å². The summed E-state index contributed by atoms with van der Waals surface area (Å²) in [6.45, 7) is 11.3. The van der Waals surface area contributed by atoms with Crippen molar-refractivity contribution in [2.24, 2.45) is 4.99 Å². The van der Waals surface area contributed by atoms with Gasteiger partial charge in [0.1, 0.15) is 0 Å². The van der Waals surface area contributed by atoms with E-state index in [0.29, 0.717) is 18.8 Å². The summed E-state index contributed by atoms with van der Waals surface area (Å²) in [5.74, 6) is 1.27. The maximum absolute atomic E-state index is 12.3. The summed E-state index contributed by atoms with van der Waals surface area (Å²) in [6.07, 6.45) is 2.70. The van der Waals surface area contributed by atoms with E-state index in [1.807, 2.05) is 18.7 Å². The molecule has 1 aromatic heterocycles. The van der Waals surface area contributed by atoms with E-state index in [4.69, 9.17) is 9.15 Å². The normalized spacial score (nSPS) is 15.2. The quantitative estimate of drug-likeness (QED) is 0.282. The lowest BCUT2D eigenvalue weighted by atomic mass is 10.3. The molecule has 1 aromatic rings. The molecule has 2 heterocycles. The minimum absolute atomic E-state index is 0. The number of carbonyl (C=O) groups excluding carboxylic acids is 1. The van der Waals surface area contributed by atoms with Crippen LogP contribution in [0.3, 0.4) is 0 Å². The highest BCUT2D eigenvalue weighted by molar-refractivity contribution is 14.0. The van der Waals surface area contributed by atoms with E-state index in [1.54, 1.807) is 12.1 Å². The second-order valence-electron chi connectivity index (χ2n) is 6.27. The van der Waals surface area contributed by atoms with Crippen molar-refractivity contribution in [3.05, 3.63) is 24.2 Å². The van der Waals surface area contributed by atoms with Crippen LogP contribution in [0.15, 0.2) is 27.8 Å². The fourth-order valence-electron chi connectivity index (χ4n) is 2.67. The lowest BCUT2D eigenvalue weighted by Gasteiger charge is -2.36. The van der Waals surface area contributed by atoms with E-state index in [1.165, 1.54) is 6.26 Å². The summed E-state index contributed by atoms with van der Waals surface area (Å²) in [6, 6.07) is 3.45. The van der Waals surface area contributed by atoms with Crippen LogP contribution in [0, 0.1) is 0 Å². The van der Waals surface area contributed by atoms with Gasteiger partial charge in [0.25, 0.3) is 5.91 Å². The van der Waals surface area contributed by atoms with Crippen LogP contribution in [-0.2, 0) is 4.74 Å². The van der Waals surface area contributed by atoms with Crippen LogP contribution in [0.5, 0.6) is 0 Å². The maximum Gasteiger partial charge on any atom is 0.289 e. The molecule has 1 fully saturated rings. The molecular formula is C18H31IN4O3. The number of aliphatic imine (C=N–C) groups is 1. The number of hydrogen-bond donors (Lipinski definition) is 1. The van der Waals surface area contributed by atoms with Gasteiger partial charge in [-0.15, -0.1) is 24.0 Å². The van der Waals surface area contributed by atoms with Gasteiger partial charge >= 0.3 is 0 Å². The molecule has 2 rings (SSSR count). The Hall–Kier alpha value is -1.29. The number of hydrogen-bond acceptors (Lipinski definition) is 4. The second-order valence-corrected chi connectivity index (χ2v) is 6.27. The van der Waals surface area contributed by atoms with Gasteiger partial charge in [-0.2, -0.15) is 0 Å². The molecule has 1 aliphatic heterocycles. The molecule has 1 aliphatic rings. The number of furan rings is 1. The standard InChI is InChI=1S/C18H30N4O3.HI/c1-4-19-18(20-8-6-14-24-15(2)3)22-11-9-21(10-12-22)17(23)16-7-5-13-25-16;/h5,7,13,15H,4,6,8-12,14H2,1-3H3,(H,19,20);1H. The van der Waals surface area contributed by atoms with Crippen LogP contribution in [0.4, 0.5) is 0 Å². The number of piperazine rings is 1. The van der Waals surface area contributed by atoms with E-state index in [9.17, 15) is 4.79 Å². The third kappa shape index (κ3) is 7.14. The van der Waals surface area contributed by atoms with Gasteiger partial charge < -0.3 is 24.3 Å². The van der Waals surface area contributed by atoms with Crippen molar-refractivity contribution in [3.8, 4) is 0 Å². The zero-order valence-corrected chi connectivity index (χ0v) is 18.3. The Labute approximate surface area is 173 Å². The Bertz CT molecular complexity index is 541. The Morgan fingerprint density at radius 3 is 2.58 bits per heavy atom. The van der Waals surface area contributed by atoms with Crippen molar-refractivity contribution < 1.29 is 13.9 Å². The molecule has 1 N–H and O–H groups in total. The summed E-state index contributed by atoms with van der Waals surface area (Å²) in [5, 5.41) is 3.34. The highest BCUT2D eigenvalue weighted by atomic mass is 127. The predicted molar refractivity (Wildman–Crippen MR) is 113 cm³/mol. The molecule has 0 atom stereocenters.